The summed E-state index contributed by atoms with van der Waals surface area (Å²) >= 11 is 1.27. The zero-order chi connectivity index (χ0) is 42.3. The Morgan fingerprint density at radius 1 is 0.885 bits per heavy atom. The second kappa shape index (κ2) is 16.6. The van der Waals surface area contributed by atoms with Crippen LogP contribution >= 0.6 is 11.3 Å². The lowest BCUT2D eigenvalue weighted by Crippen LogP contribution is -2.74. The third-order valence-electron chi connectivity index (χ3n) is 11.7. The van der Waals surface area contributed by atoms with E-state index in [1.54, 1.807) is 5.38 Å². The van der Waals surface area contributed by atoms with Gasteiger partial charge in [-0.1, -0.05) is 96.2 Å². The second-order valence-corrected chi connectivity index (χ2v) is 17.9. The summed E-state index contributed by atoms with van der Waals surface area (Å²) in [5, 5.41) is 42.1. The predicted molar refractivity (Wildman–Crippen MR) is 229 cm³/mol. The Morgan fingerprint density at radius 2 is 1.44 bits per heavy atom. The van der Waals surface area contributed by atoms with Crippen LogP contribution in [0.3, 0.4) is 0 Å². The van der Waals surface area contributed by atoms with Crippen LogP contribution in [0.25, 0.3) is 0 Å². The van der Waals surface area contributed by atoms with E-state index in [-0.39, 0.29) is 47.0 Å². The van der Waals surface area contributed by atoms with Gasteiger partial charge in [0.15, 0.2) is 22.3 Å². The summed E-state index contributed by atoms with van der Waals surface area (Å²) in [6.45, 7) is 0.798. The number of nitrogens with one attached hydrogen (secondary N) is 2. The highest BCUT2D eigenvalue weighted by Gasteiger charge is 2.57. The topological polar surface area (TPSA) is 194 Å². The van der Waals surface area contributed by atoms with E-state index in [4.69, 9.17) is 9.82 Å². The molecule has 3 atom stereocenters. The molecule has 3 aliphatic heterocycles. The van der Waals surface area contributed by atoms with E-state index < -0.39 is 45.5 Å². The number of nitrogens with zero attached hydrogens (tertiary/aromatic N) is 4. The lowest BCUT2D eigenvalue weighted by molar-refractivity contribution is -0.150. The number of aromatic hydroxyl groups is 2. The van der Waals surface area contributed by atoms with E-state index >= 15 is 0 Å². The van der Waals surface area contributed by atoms with Crippen molar-refractivity contribution in [3.8, 4) is 11.5 Å². The van der Waals surface area contributed by atoms with Gasteiger partial charge in [-0.2, -0.15) is 0 Å². The maximum Gasteiger partial charge on any atom is 0.352 e. The van der Waals surface area contributed by atoms with Crippen LogP contribution in [0.2, 0.25) is 0 Å². The van der Waals surface area contributed by atoms with Crippen LogP contribution in [0.1, 0.15) is 59.2 Å². The van der Waals surface area contributed by atoms with Gasteiger partial charge in [0.25, 0.3) is 11.8 Å². The lowest BCUT2D eigenvalue weighted by Gasteiger charge is -2.49. The molecular weight excluding hydrogens is 817 g/mol. The number of rotatable bonds is 13. The molecule has 4 aliphatic rings. The molecule has 16 heteroatoms. The first kappa shape index (κ1) is 40.1. The van der Waals surface area contributed by atoms with E-state index in [1.165, 1.54) is 23.5 Å². The van der Waals surface area contributed by atoms with Crippen LogP contribution in [-0.4, -0.2) is 87.6 Å². The molecular formula is C45H42N6O8S2. The van der Waals surface area contributed by atoms with Crippen molar-refractivity contribution >= 4 is 50.8 Å². The third-order valence-corrected chi connectivity index (χ3v) is 14.1. The number of thiazole rings is 1. The molecule has 0 bridgehead atoms. The largest absolute Gasteiger partial charge is 0.504 e. The van der Waals surface area contributed by atoms with Gasteiger partial charge in [-0.05, 0) is 71.2 Å². The first-order valence-corrected chi connectivity index (χ1v) is 22.2. The van der Waals surface area contributed by atoms with E-state index in [9.17, 15) is 33.9 Å². The number of carboxylic acid groups (broad SMARTS) is 1. The fourth-order valence-electron chi connectivity index (χ4n) is 8.77. The Balaban J connectivity index is 0.990. The number of oxime groups is 1. The van der Waals surface area contributed by atoms with Crippen molar-refractivity contribution in [1.82, 2.24) is 20.1 Å². The lowest BCUT2D eigenvalue weighted by atomic mass is 9.77. The molecule has 2 amide bonds. The van der Waals surface area contributed by atoms with E-state index in [0.29, 0.717) is 23.8 Å². The molecule has 2 unspecified atom stereocenters. The highest BCUT2D eigenvalue weighted by Crippen LogP contribution is 2.41. The van der Waals surface area contributed by atoms with Gasteiger partial charge in [-0.3, -0.25) is 23.6 Å². The van der Waals surface area contributed by atoms with Gasteiger partial charge >= 0.3 is 5.97 Å². The van der Waals surface area contributed by atoms with Crippen molar-refractivity contribution in [2.45, 2.75) is 61.8 Å². The molecule has 4 aromatic carbocycles. The number of carbonyl (C=O) groups excluding carboxylic acids is 2. The number of carboxylic acids is 1. The predicted octanol–water partition coefficient (Wildman–Crippen LogP) is 5.39. The summed E-state index contributed by atoms with van der Waals surface area (Å²) in [5.74, 6) is -3.49. The Kier molecular flexibility index (Phi) is 10.9. The number of fused-ring (bicyclic) bond motifs is 2. The molecule has 5 N–H and O–H groups in total. The van der Waals surface area contributed by atoms with Crippen LogP contribution in [0, 0.1) is 0 Å². The van der Waals surface area contributed by atoms with E-state index in [1.807, 2.05) is 95.9 Å². The van der Waals surface area contributed by atoms with Gasteiger partial charge in [0.1, 0.15) is 34.4 Å². The molecule has 1 aliphatic carbocycles. The highest BCUT2D eigenvalue weighted by atomic mass is 32.2. The molecule has 1 aromatic heterocycles. The highest BCUT2D eigenvalue weighted by molar-refractivity contribution is 7.86. The van der Waals surface area contributed by atoms with E-state index in [2.05, 4.69) is 15.8 Å². The van der Waals surface area contributed by atoms with Gasteiger partial charge in [-0.15, -0.1) is 11.3 Å². The molecule has 61 heavy (non-hydrogen) atoms. The number of hydrogen-bond donors (Lipinski definition) is 5. The van der Waals surface area contributed by atoms with Crippen molar-refractivity contribution in [1.29, 1.82) is 0 Å². The van der Waals surface area contributed by atoms with Crippen LogP contribution in [0.5, 0.6) is 11.5 Å². The molecule has 312 valence electrons. The molecule has 1 saturated carbocycles. The number of phenols is 2. The Bertz CT molecular complexity index is 2450. The number of hydrogen-bond acceptors (Lipinski definition) is 12. The van der Waals surface area contributed by atoms with Crippen molar-refractivity contribution in [3.63, 3.8) is 0 Å². The summed E-state index contributed by atoms with van der Waals surface area (Å²) in [6, 6.07) is 31.6. The minimum Gasteiger partial charge on any atom is -0.504 e. The number of β-lactam (4-membered cyclic amide) rings is 1. The second-order valence-electron chi connectivity index (χ2n) is 15.5. The summed E-state index contributed by atoms with van der Waals surface area (Å²) in [5.41, 5.74) is 3.56. The normalized spacial score (nSPS) is 20.5. The number of aliphatic carboxylic acids is 1. The average molecular weight is 859 g/mol. The third kappa shape index (κ3) is 7.55. The Hall–Kier alpha value is -6.36. The van der Waals surface area contributed by atoms with E-state index in [0.717, 1.165) is 58.4 Å². The number of aromatic nitrogens is 1. The minimum atomic E-state index is -1.78. The fourth-order valence-corrected chi connectivity index (χ4v) is 11.2. The van der Waals surface area contributed by atoms with Crippen molar-refractivity contribution in [2.75, 3.05) is 17.6 Å². The van der Waals surface area contributed by atoms with Crippen LogP contribution in [-0.2, 0) is 48.6 Å². The summed E-state index contributed by atoms with van der Waals surface area (Å²) in [4.78, 5) is 54.5. The van der Waals surface area contributed by atoms with Gasteiger partial charge in [0, 0.05) is 25.0 Å². The monoisotopic (exact) mass is 858 g/mol. The summed E-state index contributed by atoms with van der Waals surface area (Å²) in [6.07, 6.45) is 3.27. The number of benzene rings is 4. The van der Waals surface area contributed by atoms with Crippen LogP contribution in [0.15, 0.2) is 125 Å². The fraction of sp³-hybridized carbons (Fsp3) is 0.267. The average Bonchev–Trinajstić information content (AvgIpc) is 4.05. The van der Waals surface area contributed by atoms with Gasteiger partial charge < -0.3 is 30.8 Å². The molecule has 0 radical (unpaired) electrons. The smallest absolute Gasteiger partial charge is 0.352 e. The Labute approximate surface area is 357 Å². The van der Waals surface area contributed by atoms with Gasteiger partial charge in [0.2, 0.25) is 0 Å². The minimum absolute atomic E-state index is 0.0900. The molecule has 2 fully saturated rings. The van der Waals surface area contributed by atoms with Crippen molar-refractivity contribution < 1.29 is 38.7 Å². The van der Waals surface area contributed by atoms with Gasteiger partial charge in [0.05, 0.1) is 16.6 Å². The summed E-state index contributed by atoms with van der Waals surface area (Å²) in [7, 11) is -1.78. The number of amides is 2. The molecule has 0 spiro atoms. The van der Waals surface area contributed by atoms with Crippen LogP contribution < -0.4 is 10.6 Å². The number of anilines is 1. The maximum absolute atomic E-state index is 14.3. The number of phenolic OH excluding ortho intramolecular Hbond substituents is 2. The van der Waals surface area contributed by atoms with Gasteiger partial charge in [-0.25, -0.2) is 9.78 Å². The van der Waals surface area contributed by atoms with Crippen molar-refractivity contribution in [2.24, 2.45) is 5.16 Å². The molecule has 4 heterocycles. The number of carbonyl (C=O) groups is 3. The zero-order valence-corrected chi connectivity index (χ0v) is 34.4. The molecule has 9 rings (SSSR count). The van der Waals surface area contributed by atoms with Crippen molar-refractivity contribution in [3.05, 3.63) is 153 Å². The standard InChI is InChI=1S/C45H42N6O8S2/c52-35-20-27-22-50(23-28(27)21-36(35)53)24-29-26-61(58)42-38(41(55)51(42)39(29)43(56)57)47-40(54)37(49-59-33-18-10-11-19-33)34-25-60-44(46-34)48-45(30-12-4-1-5-13-30,31-14-6-2-7-15-31)32-16-8-3-9-17-32/h1-9,12-17,20-21,25,33,38,42,52-53H,10-11,18-19,22-24,26H2,(H,46,48)(H,47,54)(H,56,57)/b49-37-/t38?,42-,61?/m0/s1. The zero-order valence-electron chi connectivity index (χ0n) is 32.8. The quantitative estimate of drug-likeness (QED) is 0.0335. The first-order valence-electron chi connectivity index (χ1n) is 20.0. The molecule has 1 saturated heterocycles. The SMILES string of the molecule is O=C(O)C1=C(CN2Cc3cc(O)c(O)cc3C2)CS(=O)[C@H]2C(NC(=O)/C(=N\OC3CCCC3)c3csc(NC(c4ccccc4)(c4ccccc4)c4ccccc4)n3)C(=O)N12. The molecule has 14 nitrogen and oxygen atoms in total. The maximum atomic E-state index is 14.3. The van der Waals surface area contributed by atoms with Crippen LogP contribution in [0.4, 0.5) is 5.13 Å². The summed E-state index contributed by atoms with van der Waals surface area (Å²) < 4.78 is 13.9. The molecule has 5 aromatic rings. The first-order chi connectivity index (χ1) is 29.6. The Morgan fingerprint density at radius 3 is 1.98 bits per heavy atom.